The summed E-state index contributed by atoms with van der Waals surface area (Å²) >= 11 is 0. The molecule has 0 unspecified atom stereocenters. The van der Waals surface area contributed by atoms with Gasteiger partial charge in [0.25, 0.3) is 0 Å². The molecule has 3 aliphatic rings. The van der Waals surface area contributed by atoms with Crippen molar-refractivity contribution in [1.29, 1.82) is 0 Å². The molecule has 50 heavy (non-hydrogen) atoms. The molecule has 18 heteroatoms. The summed E-state index contributed by atoms with van der Waals surface area (Å²) in [5.74, 6) is 10.1. The van der Waals surface area contributed by atoms with Crippen LogP contribution in [0.2, 0.25) is 0 Å². The van der Waals surface area contributed by atoms with Crippen molar-refractivity contribution in [2.45, 2.75) is 124 Å². The second-order valence-electron chi connectivity index (χ2n) is 11.8. The van der Waals surface area contributed by atoms with Gasteiger partial charge in [-0.3, -0.25) is 0 Å². The van der Waals surface area contributed by atoms with Gasteiger partial charge in [0.15, 0.2) is 18.9 Å². The predicted molar refractivity (Wildman–Crippen MR) is 166 cm³/mol. The molecule has 0 aromatic rings. The Morgan fingerprint density at radius 3 is 1.68 bits per heavy atom. The van der Waals surface area contributed by atoms with Crippen LogP contribution in [0.15, 0.2) is 24.3 Å². The van der Waals surface area contributed by atoms with Gasteiger partial charge in [0.1, 0.15) is 85.5 Å². The highest BCUT2D eigenvalue weighted by molar-refractivity contribution is 5.32. The zero-order valence-electron chi connectivity index (χ0n) is 27.2. The molecule has 0 aromatic carbocycles. The molecule has 0 aliphatic carbocycles. The van der Waals surface area contributed by atoms with Gasteiger partial charge in [-0.05, 0) is 37.7 Å². The van der Waals surface area contributed by atoms with Crippen molar-refractivity contribution in [2.75, 3.05) is 26.4 Å². The van der Waals surface area contributed by atoms with Crippen molar-refractivity contribution >= 4 is 0 Å². The average molecular weight is 721 g/mol. The normalized spacial score (nSPS) is 40.5. The Balaban J connectivity index is 1.67. The van der Waals surface area contributed by atoms with Crippen LogP contribution in [0, 0.1) is 23.7 Å². The summed E-state index contributed by atoms with van der Waals surface area (Å²) in [5.41, 5.74) is 0. The maximum Gasteiger partial charge on any atom is 0.187 e. The first-order chi connectivity index (χ1) is 23.9. The third-order valence-corrected chi connectivity index (χ3v) is 8.10. The molecule has 0 spiro atoms. The Hall–Kier alpha value is -2.12. The number of aliphatic hydroxyl groups is 12. The number of rotatable bonds is 14. The lowest BCUT2D eigenvalue weighted by Crippen LogP contribution is -2.63. The van der Waals surface area contributed by atoms with Gasteiger partial charge in [0, 0.05) is 6.61 Å². The molecule has 284 valence electrons. The Morgan fingerprint density at radius 2 is 1.16 bits per heavy atom. The summed E-state index contributed by atoms with van der Waals surface area (Å²) in [4.78, 5) is 0. The third kappa shape index (κ3) is 11.2. The van der Waals surface area contributed by atoms with Crippen molar-refractivity contribution in [2.24, 2.45) is 0 Å². The van der Waals surface area contributed by atoms with E-state index in [1.54, 1.807) is 25.2 Å². The first kappa shape index (κ1) is 42.3. The highest BCUT2D eigenvalue weighted by atomic mass is 16.7. The average Bonchev–Trinajstić information content (AvgIpc) is 3.11. The van der Waals surface area contributed by atoms with E-state index in [1.807, 2.05) is 0 Å². The van der Waals surface area contributed by atoms with E-state index in [-0.39, 0.29) is 6.61 Å². The summed E-state index contributed by atoms with van der Waals surface area (Å²) in [6.45, 7) is -0.301. The summed E-state index contributed by atoms with van der Waals surface area (Å²) in [5, 5.41) is 123. The van der Waals surface area contributed by atoms with Crippen LogP contribution in [0.4, 0.5) is 0 Å². The first-order valence-corrected chi connectivity index (χ1v) is 16.0. The zero-order chi connectivity index (χ0) is 37.0. The van der Waals surface area contributed by atoms with Gasteiger partial charge in [0.05, 0.1) is 19.8 Å². The second-order valence-corrected chi connectivity index (χ2v) is 11.8. The minimum atomic E-state index is -1.86. The van der Waals surface area contributed by atoms with E-state index in [2.05, 4.69) is 23.7 Å². The number of aliphatic hydroxyl groups excluding tert-OH is 12. The molecule has 3 aliphatic heterocycles. The summed E-state index contributed by atoms with van der Waals surface area (Å²) in [6.07, 6.45) is -20.8. The zero-order valence-corrected chi connectivity index (χ0v) is 27.2. The van der Waals surface area contributed by atoms with E-state index in [9.17, 15) is 56.2 Å². The Kier molecular flexibility index (Phi) is 17.6. The lowest BCUT2D eigenvalue weighted by atomic mass is 9.98. The van der Waals surface area contributed by atoms with Gasteiger partial charge in [0.2, 0.25) is 0 Å². The molecule has 0 saturated carbocycles. The highest BCUT2D eigenvalue weighted by Crippen LogP contribution is 2.28. The number of ether oxygens (including phenoxy) is 6. The largest absolute Gasteiger partial charge is 0.396 e. The standard InChI is InChI=1S/C32H48O18/c1-2-3-4-5-7-10-16(35)17(11-8-6-9-12-33)47-32-29(44)26(41)23(38)20(50-32)15-46-31-28(43)25(40)22(37)19(49-31)14-45-30-27(42)24(39)21(36)18(13-34)48-30/h2-3,8,11,16-44H,6,9,12-15H2,1H3/b3-2+,11-8+/t16-,17+,18-,19-,20-,21-,22-,23-,24+,25+,26+,27-,28-,29-,30-,31-,32-/m1/s1. The minimum Gasteiger partial charge on any atom is -0.396 e. The molecule has 3 fully saturated rings. The number of hydrogen-bond donors (Lipinski definition) is 12. The molecule has 0 bridgehead atoms. The monoisotopic (exact) mass is 720 g/mol. The Bertz CT molecular complexity index is 1190. The third-order valence-electron chi connectivity index (χ3n) is 8.10. The molecule has 17 atom stereocenters. The topological polar surface area (TPSA) is 298 Å². The molecule has 0 aromatic heterocycles. The fraction of sp³-hybridized carbons (Fsp3) is 0.750. The van der Waals surface area contributed by atoms with E-state index in [4.69, 9.17) is 33.5 Å². The molecule has 3 rings (SSSR count). The molecule has 18 nitrogen and oxygen atoms in total. The molecule has 3 heterocycles. The van der Waals surface area contributed by atoms with Crippen molar-refractivity contribution in [3.63, 3.8) is 0 Å². The fourth-order valence-electron chi connectivity index (χ4n) is 5.12. The highest BCUT2D eigenvalue weighted by Gasteiger charge is 2.49. The summed E-state index contributed by atoms with van der Waals surface area (Å²) in [7, 11) is 0. The van der Waals surface area contributed by atoms with Gasteiger partial charge in [-0.15, -0.1) is 0 Å². The van der Waals surface area contributed by atoms with Crippen LogP contribution >= 0.6 is 0 Å². The van der Waals surface area contributed by atoms with Crippen molar-refractivity contribution in [1.82, 2.24) is 0 Å². The Labute approximate surface area is 288 Å². The molecule has 3 saturated heterocycles. The maximum atomic E-state index is 10.7. The lowest BCUT2D eigenvalue weighted by Gasteiger charge is -2.44. The second kappa shape index (κ2) is 20.8. The van der Waals surface area contributed by atoms with Crippen LogP contribution in [-0.4, -0.2) is 192 Å². The molecular weight excluding hydrogens is 672 g/mol. The van der Waals surface area contributed by atoms with Gasteiger partial charge >= 0.3 is 0 Å². The molecule has 0 amide bonds. The van der Waals surface area contributed by atoms with Crippen LogP contribution in [0.5, 0.6) is 0 Å². The van der Waals surface area contributed by atoms with Crippen LogP contribution < -0.4 is 0 Å². The van der Waals surface area contributed by atoms with E-state index >= 15 is 0 Å². The van der Waals surface area contributed by atoms with Crippen LogP contribution in [0.1, 0.15) is 19.8 Å². The molecule has 12 N–H and O–H groups in total. The summed E-state index contributed by atoms with van der Waals surface area (Å²) < 4.78 is 33.2. The van der Waals surface area contributed by atoms with Gasteiger partial charge in [-0.25, -0.2) is 0 Å². The quantitative estimate of drug-likeness (QED) is 0.0452. The minimum absolute atomic E-state index is 0.0869. The summed E-state index contributed by atoms with van der Waals surface area (Å²) in [6, 6.07) is 0. The first-order valence-electron chi connectivity index (χ1n) is 16.0. The van der Waals surface area contributed by atoms with Gasteiger partial charge in [-0.1, -0.05) is 30.1 Å². The van der Waals surface area contributed by atoms with E-state index in [0.717, 1.165) is 0 Å². The smallest absolute Gasteiger partial charge is 0.187 e. The number of unbranched alkanes of at least 4 members (excludes halogenated alkanes) is 1. The van der Waals surface area contributed by atoms with Crippen molar-refractivity contribution < 1.29 is 89.7 Å². The van der Waals surface area contributed by atoms with Gasteiger partial charge < -0.3 is 89.7 Å². The Morgan fingerprint density at radius 1 is 0.660 bits per heavy atom. The lowest BCUT2D eigenvalue weighted by molar-refractivity contribution is -0.344. The van der Waals surface area contributed by atoms with Crippen LogP contribution in [0.25, 0.3) is 0 Å². The van der Waals surface area contributed by atoms with E-state index in [0.29, 0.717) is 12.8 Å². The van der Waals surface area contributed by atoms with Crippen molar-refractivity contribution in [3.05, 3.63) is 24.3 Å². The molecule has 0 radical (unpaired) electrons. The van der Waals surface area contributed by atoms with Crippen LogP contribution in [-0.2, 0) is 28.4 Å². The number of hydrogen-bond acceptors (Lipinski definition) is 18. The van der Waals surface area contributed by atoms with E-state index < -0.39 is 124 Å². The van der Waals surface area contributed by atoms with Gasteiger partial charge in [-0.2, -0.15) is 0 Å². The predicted octanol–water partition coefficient (Wildman–Crippen LogP) is -5.91. The molecular formula is C32H48O18. The van der Waals surface area contributed by atoms with Crippen molar-refractivity contribution in [3.8, 4) is 23.7 Å². The van der Waals surface area contributed by atoms with E-state index in [1.165, 1.54) is 6.08 Å². The van der Waals surface area contributed by atoms with Crippen LogP contribution in [0.3, 0.4) is 0 Å². The SMILES string of the molecule is C/C=C/C#CC#C[C@@H](O)[C@H](/C=C/CCCO)O[C@@H]1O[C@H](CO[C@@H]2O[C@H](CO[C@@H]3O[C@H](CO)[C@@H](O)[C@H](O)[C@H]3O)[C@@H](O)[C@H](O)[C@H]2O)[C@@H](O)[C@H](O)[C@H]1O. The fourth-order valence-corrected chi connectivity index (χ4v) is 5.12. The number of allylic oxidation sites excluding steroid dienone is 3. The maximum absolute atomic E-state index is 10.7.